The first-order valence-corrected chi connectivity index (χ1v) is 12.9. The predicted molar refractivity (Wildman–Crippen MR) is 149 cm³/mol. The Labute approximate surface area is 223 Å². The second kappa shape index (κ2) is 10.2. The second-order valence-electron chi connectivity index (χ2n) is 10.1. The van der Waals surface area contributed by atoms with E-state index >= 15 is 0 Å². The van der Waals surface area contributed by atoms with Gasteiger partial charge in [-0.1, -0.05) is 86.6 Å². The van der Waals surface area contributed by atoms with E-state index in [1.165, 1.54) is 5.56 Å². The van der Waals surface area contributed by atoms with Crippen LogP contribution < -0.4 is 9.64 Å². The molecule has 0 radical (unpaired) electrons. The van der Waals surface area contributed by atoms with Crippen LogP contribution in [0, 0.1) is 0 Å². The lowest BCUT2D eigenvalue weighted by atomic mass is 9.76. The van der Waals surface area contributed by atoms with Crippen molar-refractivity contribution >= 4 is 17.7 Å². The van der Waals surface area contributed by atoms with Gasteiger partial charge in [0, 0.05) is 11.3 Å². The monoisotopic (exact) mass is 505 g/mol. The zero-order valence-electron chi connectivity index (χ0n) is 22.0. The summed E-state index contributed by atoms with van der Waals surface area (Å²) in [5, 5.41) is 0. The number of hydrogen-bond donors (Lipinski definition) is 0. The Morgan fingerprint density at radius 1 is 0.737 bits per heavy atom. The molecule has 0 aromatic heterocycles. The summed E-state index contributed by atoms with van der Waals surface area (Å²) in [6.07, 6.45) is -1.03. The predicted octanol–water partition coefficient (Wildman–Crippen LogP) is 7.69. The molecule has 0 saturated carbocycles. The van der Waals surface area contributed by atoms with E-state index in [4.69, 9.17) is 9.47 Å². The highest BCUT2D eigenvalue weighted by molar-refractivity contribution is 6.13. The molecule has 1 heterocycles. The first-order valence-electron chi connectivity index (χ1n) is 12.9. The Morgan fingerprint density at radius 3 is 1.92 bits per heavy atom. The van der Waals surface area contributed by atoms with Crippen molar-refractivity contribution in [3.8, 4) is 5.75 Å². The molecule has 38 heavy (non-hydrogen) atoms. The quantitative estimate of drug-likeness (QED) is 0.199. The van der Waals surface area contributed by atoms with E-state index in [0.717, 1.165) is 22.4 Å². The van der Waals surface area contributed by atoms with Crippen LogP contribution in [0.1, 0.15) is 66.2 Å². The van der Waals surface area contributed by atoms with Crippen molar-refractivity contribution in [2.75, 3.05) is 4.90 Å². The number of carbonyl (C=O) groups excluding carboxylic acids is 2. The molecule has 5 nitrogen and oxygen atoms in total. The molecule has 5 heteroatoms. The van der Waals surface area contributed by atoms with Crippen LogP contribution in [0.2, 0.25) is 0 Å². The largest absolute Gasteiger partial charge is 0.514 e. The van der Waals surface area contributed by atoms with Crippen molar-refractivity contribution in [2.24, 2.45) is 0 Å². The van der Waals surface area contributed by atoms with Crippen LogP contribution in [0.3, 0.4) is 0 Å². The van der Waals surface area contributed by atoms with Crippen molar-refractivity contribution in [3.63, 3.8) is 0 Å². The third-order valence-corrected chi connectivity index (χ3v) is 6.90. The van der Waals surface area contributed by atoms with Crippen LogP contribution in [-0.4, -0.2) is 18.2 Å². The molecule has 1 aliphatic heterocycles. The number of rotatable bonds is 6. The second-order valence-corrected chi connectivity index (χ2v) is 10.1. The Hall–Kier alpha value is -4.38. The first-order chi connectivity index (χ1) is 18.3. The van der Waals surface area contributed by atoms with Gasteiger partial charge in [0.2, 0.25) is 0 Å². The molecule has 0 bridgehead atoms. The summed E-state index contributed by atoms with van der Waals surface area (Å²) in [6.45, 7) is 7.87. The highest BCUT2D eigenvalue weighted by Crippen LogP contribution is 2.51. The smallest absolute Gasteiger partial charge is 0.431 e. The van der Waals surface area contributed by atoms with E-state index in [2.05, 4.69) is 38.1 Å². The molecule has 1 unspecified atom stereocenters. The molecule has 4 aromatic rings. The fraction of sp³-hybridized carbons (Fsp3) is 0.212. The van der Waals surface area contributed by atoms with E-state index in [1.807, 2.05) is 71.6 Å². The van der Waals surface area contributed by atoms with Crippen LogP contribution in [0.4, 0.5) is 10.5 Å². The molecule has 0 aliphatic carbocycles. The van der Waals surface area contributed by atoms with Gasteiger partial charge in [0.05, 0.1) is 6.10 Å². The first kappa shape index (κ1) is 25.3. The summed E-state index contributed by atoms with van der Waals surface area (Å²) < 4.78 is 10.5. The van der Waals surface area contributed by atoms with Gasteiger partial charge in [-0.3, -0.25) is 9.69 Å². The number of para-hydroxylation sites is 1. The van der Waals surface area contributed by atoms with E-state index < -0.39 is 11.7 Å². The van der Waals surface area contributed by atoms with Gasteiger partial charge in [-0.2, -0.15) is 0 Å². The fourth-order valence-corrected chi connectivity index (χ4v) is 5.19. The normalized spacial score (nSPS) is 16.6. The minimum atomic E-state index is -0.929. The molecule has 192 valence electrons. The molecule has 0 N–H and O–H groups in total. The van der Waals surface area contributed by atoms with Crippen LogP contribution in [-0.2, 0) is 10.3 Å². The fourth-order valence-electron chi connectivity index (χ4n) is 5.19. The zero-order valence-corrected chi connectivity index (χ0v) is 22.0. The highest BCUT2D eigenvalue weighted by Gasteiger charge is 2.52. The van der Waals surface area contributed by atoms with E-state index in [1.54, 1.807) is 26.0 Å². The van der Waals surface area contributed by atoms with Gasteiger partial charge in [0.15, 0.2) is 0 Å². The van der Waals surface area contributed by atoms with Crippen molar-refractivity contribution in [1.29, 1.82) is 0 Å². The molecule has 1 aliphatic rings. The Kier molecular flexibility index (Phi) is 6.77. The minimum absolute atomic E-state index is 0.0689. The van der Waals surface area contributed by atoms with Crippen molar-refractivity contribution in [3.05, 3.63) is 131 Å². The minimum Gasteiger partial charge on any atom is -0.431 e. The van der Waals surface area contributed by atoms with E-state index in [0.29, 0.717) is 17.2 Å². The maximum absolute atomic E-state index is 14.1. The SMILES string of the molecule is CC(C)OC(=O)Oc1ccc(C2(c3ccc(C(C)C)cc3)c3ccccc3C(=O)N2c2ccccc2)cc1. The van der Waals surface area contributed by atoms with Gasteiger partial charge in [-0.05, 0) is 72.4 Å². The lowest BCUT2D eigenvalue weighted by Crippen LogP contribution is -2.46. The Morgan fingerprint density at radius 2 is 1.32 bits per heavy atom. The van der Waals surface area contributed by atoms with Gasteiger partial charge in [0.25, 0.3) is 5.91 Å². The van der Waals surface area contributed by atoms with Crippen LogP contribution in [0.25, 0.3) is 0 Å². The third-order valence-electron chi connectivity index (χ3n) is 6.90. The average Bonchev–Trinajstić information content (AvgIpc) is 3.18. The number of fused-ring (bicyclic) bond motifs is 1. The molecule has 0 fully saturated rings. The molecule has 0 spiro atoms. The summed E-state index contributed by atoms with van der Waals surface area (Å²) in [5.41, 5.74) is 4.49. The Bertz CT molecular complexity index is 1440. The summed E-state index contributed by atoms with van der Waals surface area (Å²) in [5.74, 6) is 0.680. The number of nitrogens with zero attached hydrogens (tertiary/aromatic N) is 1. The topological polar surface area (TPSA) is 55.8 Å². The highest BCUT2D eigenvalue weighted by atomic mass is 16.7. The number of hydrogen-bond acceptors (Lipinski definition) is 4. The van der Waals surface area contributed by atoms with E-state index in [-0.39, 0.29) is 12.0 Å². The van der Waals surface area contributed by atoms with Gasteiger partial charge >= 0.3 is 6.16 Å². The maximum Gasteiger partial charge on any atom is 0.514 e. The van der Waals surface area contributed by atoms with Crippen molar-refractivity contribution in [1.82, 2.24) is 0 Å². The van der Waals surface area contributed by atoms with Crippen molar-refractivity contribution in [2.45, 2.75) is 45.3 Å². The van der Waals surface area contributed by atoms with Crippen LogP contribution >= 0.6 is 0 Å². The lowest BCUT2D eigenvalue weighted by molar-refractivity contribution is 0.0729. The molecule has 5 rings (SSSR count). The molecular formula is C33H31NO4. The van der Waals surface area contributed by atoms with Crippen molar-refractivity contribution < 1.29 is 19.1 Å². The molecule has 1 atom stereocenters. The van der Waals surface area contributed by atoms with Gasteiger partial charge in [0.1, 0.15) is 11.3 Å². The number of ether oxygens (including phenoxy) is 2. The maximum atomic E-state index is 14.1. The molecule has 1 amide bonds. The standard InChI is InChI=1S/C33H31NO4/c1-22(2)24-14-16-25(17-15-24)33(26-18-20-28(21-19-26)38-32(36)37-23(3)4)30-13-9-8-12-29(30)31(35)34(33)27-10-6-5-7-11-27/h5-23H,1-4H3. The molecular weight excluding hydrogens is 474 g/mol. The van der Waals surface area contributed by atoms with Crippen LogP contribution in [0.5, 0.6) is 5.75 Å². The zero-order chi connectivity index (χ0) is 26.9. The Balaban J connectivity index is 1.73. The van der Waals surface area contributed by atoms with Crippen LogP contribution in [0.15, 0.2) is 103 Å². The lowest BCUT2D eigenvalue weighted by Gasteiger charge is -2.40. The van der Waals surface area contributed by atoms with E-state index in [9.17, 15) is 9.59 Å². The summed E-state index contributed by atoms with van der Waals surface area (Å²) >= 11 is 0. The molecule has 0 saturated heterocycles. The molecule has 4 aromatic carbocycles. The number of anilines is 1. The summed E-state index contributed by atoms with van der Waals surface area (Å²) in [4.78, 5) is 28.1. The van der Waals surface area contributed by atoms with Gasteiger partial charge in [-0.25, -0.2) is 4.79 Å². The summed E-state index contributed by atoms with van der Waals surface area (Å²) in [6, 6.07) is 33.3. The number of benzene rings is 4. The van der Waals surface area contributed by atoms with Gasteiger partial charge in [-0.15, -0.1) is 0 Å². The number of amides is 1. The van der Waals surface area contributed by atoms with Gasteiger partial charge < -0.3 is 9.47 Å². The summed E-state index contributed by atoms with van der Waals surface area (Å²) in [7, 11) is 0. The number of carbonyl (C=O) groups is 2. The average molecular weight is 506 g/mol. The third kappa shape index (κ3) is 4.34.